The number of sulfonamides is 1. The zero-order valence-electron chi connectivity index (χ0n) is 23.3. The van der Waals surface area contributed by atoms with Gasteiger partial charge in [0.2, 0.25) is 10.0 Å². The van der Waals surface area contributed by atoms with Crippen molar-refractivity contribution in [3.05, 3.63) is 101 Å². The van der Waals surface area contributed by atoms with E-state index in [1.807, 2.05) is 30.3 Å². The minimum absolute atomic E-state index is 0.0562. The van der Waals surface area contributed by atoms with Gasteiger partial charge in [-0.05, 0) is 93.5 Å². The molecule has 2 fully saturated rings. The Labute approximate surface area is 242 Å². The van der Waals surface area contributed by atoms with Gasteiger partial charge in [0, 0.05) is 24.8 Å². The van der Waals surface area contributed by atoms with E-state index in [4.69, 9.17) is 10.2 Å². The predicted molar refractivity (Wildman–Crippen MR) is 162 cm³/mol. The molecule has 0 saturated carbocycles. The van der Waals surface area contributed by atoms with Crippen LogP contribution in [-0.4, -0.2) is 48.0 Å². The van der Waals surface area contributed by atoms with Gasteiger partial charge >= 0.3 is 0 Å². The van der Waals surface area contributed by atoms with E-state index in [-0.39, 0.29) is 10.8 Å². The van der Waals surface area contributed by atoms with Crippen molar-refractivity contribution in [2.75, 3.05) is 13.1 Å². The van der Waals surface area contributed by atoms with Gasteiger partial charge in [-0.15, -0.1) is 0 Å². The molecule has 0 amide bonds. The molecule has 1 N–H and O–H groups in total. The Bertz CT molecular complexity index is 1690. The van der Waals surface area contributed by atoms with Crippen LogP contribution < -0.4 is 4.72 Å². The van der Waals surface area contributed by atoms with Crippen LogP contribution in [0.2, 0.25) is 0 Å². The highest BCUT2D eigenvalue weighted by atomic mass is 32.2. The van der Waals surface area contributed by atoms with Crippen LogP contribution in [0, 0.1) is 18.3 Å². The summed E-state index contributed by atoms with van der Waals surface area (Å²) in [4.78, 5) is 7.58. The first-order chi connectivity index (χ1) is 19.9. The quantitative estimate of drug-likeness (QED) is 0.276. The van der Waals surface area contributed by atoms with Gasteiger partial charge in [-0.3, -0.25) is 4.90 Å². The van der Waals surface area contributed by atoms with Crippen molar-refractivity contribution >= 4 is 27.3 Å². The van der Waals surface area contributed by atoms with Crippen LogP contribution in [0.4, 0.5) is 0 Å². The monoisotopic (exact) mass is 565 g/mol. The summed E-state index contributed by atoms with van der Waals surface area (Å²) in [5, 5.41) is 9.04. The van der Waals surface area contributed by atoms with Gasteiger partial charge in [0.1, 0.15) is 5.82 Å². The number of fused-ring (bicyclic) bond motifs is 3. The topological polar surface area (TPSA) is 91.0 Å². The minimum Gasteiger partial charge on any atom is -0.303 e. The Balaban J connectivity index is 1.14. The van der Waals surface area contributed by atoms with E-state index in [9.17, 15) is 8.42 Å². The van der Waals surface area contributed by atoms with Crippen LogP contribution in [0.5, 0.6) is 0 Å². The summed E-state index contributed by atoms with van der Waals surface area (Å²) in [6, 6.07) is 27.6. The molecule has 2 unspecified atom stereocenters. The highest BCUT2D eigenvalue weighted by molar-refractivity contribution is 7.89. The summed E-state index contributed by atoms with van der Waals surface area (Å²) in [6.45, 7) is 3.33. The molecule has 2 aliphatic rings. The molecule has 4 aromatic rings. The first kappa shape index (κ1) is 27.4. The molecular weight excluding hydrogens is 530 g/mol. The van der Waals surface area contributed by atoms with Crippen molar-refractivity contribution < 1.29 is 8.42 Å². The number of rotatable bonds is 9. The average Bonchev–Trinajstić information content (AvgIpc) is 3.43. The molecule has 3 atom stereocenters. The third-order valence-corrected chi connectivity index (χ3v) is 10.1. The first-order valence-corrected chi connectivity index (χ1v) is 15.8. The van der Waals surface area contributed by atoms with Gasteiger partial charge in [-0.25, -0.2) is 18.1 Å². The van der Waals surface area contributed by atoms with Crippen molar-refractivity contribution in [1.82, 2.24) is 19.2 Å². The Kier molecular flexibility index (Phi) is 7.76. The van der Waals surface area contributed by atoms with Crippen molar-refractivity contribution in [2.45, 2.75) is 61.9 Å². The van der Waals surface area contributed by atoms with Crippen LogP contribution in [-0.2, 0) is 10.0 Å². The predicted octanol–water partition coefficient (Wildman–Crippen LogP) is 5.84. The second-order valence-corrected chi connectivity index (χ2v) is 13.0. The molecule has 2 bridgehead atoms. The van der Waals surface area contributed by atoms with E-state index in [1.54, 1.807) is 0 Å². The molecule has 0 aliphatic carbocycles. The molecular formula is C33H35N5O2S. The number of nitrogens with one attached hydrogen (secondary N) is 1. The maximum absolute atomic E-state index is 13.0. The summed E-state index contributed by atoms with van der Waals surface area (Å²) in [7, 11) is -3.68. The normalized spacial score (nSPS) is 20.8. The molecule has 41 heavy (non-hydrogen) atoms. The Morgan fingerprint density at radius 2 is 1.68 bits per heavy atom. The second kappa shape index (κ2) is 11.6. The fourth-order valence-corrected chi connectivity index (χ4v) is 7.62. The molecule has 0 spiro atoms. The summed E-state index contributed by atoms with van der Waals surface area (Å²) in [5.74, 6) is 1.07. The van der Waals surface area contributed by atoms with Gasteiger partial charge in [-0.1, -0.05) is 48.0 Å². The minimum atomic E-state index is -3.68. The highest BCUT2D eigenvalue weighted by Gasteiger charge is 2.38. The van der Waals surface area contributed by atoms with Crippen LogP contribution in [0.15, 0.2) is 89.3 Å². The smallest absolute Gasteiger partial charge is 0.240 e. The van der Waals surface area contributed by atoms with E-state index in [2.05, 4.69) is 57.6 Å². The number of para-hydroxylation sites is 2. The number of benzene rings is 3. The average molecular weight is 566 g/mol. The lowest BCUT2D eigenvalue weighted by Gasteiger charge is -2.37. The zero-order chi connectivity index (χ0) is 28.4. The number of aromatic nitrogens is 2. The van der Waals surface area contributed by atoms with Crippen LogP contribution in [0.3, 0.4) is 0 Å². The van der Waals surface area contributed by atoms with Crippen LogP contribution in [0.1, 0.15) is 55.0 Å². The molecule has 6 rings (SSSR count). The fourth-order valence-electron chi connectivity index (χ4n) is 6.54. The Morgan fingerprint density at radius 3 is 2.39 bits per heavy atom. The number of aryl methyl sites for hydroxylation is 1. The highest BCUT2D eigenvalue weighted by Crippen LogP contribution is 2.39. The van der Waals surface area contributed by atoms with Crippen molar-refractivity contribution in [3.8, 4) is 6.07 Å². The molecule has 0 radical (unpaired) electrons. The van der Waals surface area contributed by atoms with E-state index < -0.39 is 10.0 Å². The summed E-state index contributed by atoms with van der Waals surface area (Å²) >= 11 is 0. The van der Waals surface area contributed by atoms with Gasteiger partial charge in [-0.2, -0.15) is 5.26 Å². The van der Waals surface area contributed by atoms with Crippen LogP contribution >= 0.6 is 0 Å². The molecule has 1 aromatic heterocycles. The second-order valence-electron chi connectivity index (χ2n) is 11.2. The number of hydrogen-bond donors (Lipinski definition) is 1. The lowest BCUT2D eigenvalue weighted by Crippen LogP contribution is -2.42. The molecule has 2 saturated heterocycles. The van der Waals surface area contributed by atoms with Gasteiger partial charge < -0.3 is 4.57 Å². The summed E-state index contributed by atoms with van der Waals surface area (Å²) < 4.78 is 31.2. The molecule has 3 heterocycles. The summed E-state index contributed by atoms with van der Waals surface area (Å²) in [5.41, 5.74) is 5.25. The molecule has 7 nitrogen and oxygen atoms in total. The van der Waals surface area contributed by atoms with Crippen molar-refractivity contribution in [3.63, 3.8) is 0 Å². The SMILES string of the molecule is Cc1nc2ccccc2n1C=C1CC2CC[C@H](C1)N2CCC(CNS(=O)(=O)c1ccc(C#N)cc1)c1ccccc1. The van der Waals surface area contributed by atoms with Crippen LogP contribution in [0.25, 0.3) is 17.2 Å². The number of nitrogens with zero attached hydrogens (tertiary/aromatic N) is 4. The largest absolute Gasteiger partial charge is 0.303 e. The summed E-state index contributed by atoms with van der Waals surface area (Å²) in [6.07, 6.45) is 7.71. The number of nitriles is 1. The lowest BCUT2D eigenvalue weighted by atomic mass is 9.93. The molecule has 3 aromatic carbocycles. The molecule has 210 valence electrons. The van der Waals surface area contributed by atoms with E-state index in [0.717, 1.165) is 48.2 Å². The Hall–Kier alpha value is -3.77. The number of imidazole rings is 1. The van der Waals surface area contributed by atoms with E-state index in [0.29, 0.717) is 24.2 Å². The first-order valence-electron chi connectivity index (χ1n) is 14.3. The zero-order valence-corrected chi connectivity index (χ0v) is 24.1. The Morgan fingerprint density at radius 1 is 1.00 bits per heavy atom. The van der Waals surface area contributed by atoms with E-state index in [1.165, 1.54) is 42.7 Å². The van der Waals surface area contributed by atoms with Gasteiger partial charge in [0.05, 0.1) is 27.6 Å². The maximum atomic E-state index is 13.0. The van der Waals surface area contributed by atoms with Gasteiger partial charge in [0.25, 0.3) is 0 Å². The lowest BCUT2D eigenvalue weighted by molar-refractivity contribution is 0.161. The number of hydrogen-bond acceptors (Lipinski definition) is 5. The standard InChI is InChI=1S/C33H35N5O2S/c1-24-36-32-9-5-6-10-33(32)38(24)23-26-19-29-13-14-30(20-26)37(29)18-17-28(27-7-3-2-4-8-27)22-35-41(39,40)31-15-11-25(21-34)12-16-31/h2-12,15-16,23,28-30,35H,13-14,17-20,22H2,1H3/t28?,29-,30?/m1/s1. The van der Waals surface area contributed by atoms with Crippen molar-refractivity contribution in [2.24, 2.45) is 0 Å². The molecule has 2 aliphatic heterocycles. The maximum Gasteiger partial charge on any atom is 0.240 e. The third kappa shape index (κ3) is 5.84. The fraction of sp³-hybridized carbons (Fsp3) is 0.333. The van der Waals surface area contributed by atoms with E-state index >= 15 is 0 Å². The third-order valence-electron chi connectivity index (χ3n) is 8.67. The van der Waals surface area contributed by atoms with Crippen molar-refractivity contribution in [1.29, 1.82) is 5.26 Å². The number of piperidine rings is 1. The van der Waals surface area contributed by atoms with Gasteiger partial charge in [0.15, 0.2) is 0 Å². The molecule has 8 heteroatoms.